The molecule has 21 heavy (non-hydrogen) atoms. The van der Waals surface area contributed by atoms with Crippen LogP contribution in [0.25, 0.3) is 0 Å². The molecule has 0 amide bonds. The summed E-state index contributed by atoms with van der Waals surface area (Å²) in [5.74, 6) is 0.476. The molecule has 5 heteroatoms. The Kier molecular flexibility index (Phi) is 7.32. The van der Waals surface area contributed by atoms with E-state index in [9.17, 15) is 4.79 Å². The topological polar surface area (TPSA) is 59.0 Å². The van der Waals surface area contributed by atoms with Gasteiger partial charge in [-0.2, -0.15) is 0 Å². The fourth-order valence-electron chi connectivity index (χ4n) is 2.06. The monoisotopic (exact) mass is 293 g/mol. The van der Waals surface area contributed by atoms with Gasteiger partial charge in [-0.25, -0.2) is 0 Å². The van der Waals surface area contributed by atoms with Crippen LogP contribution in [-0.2, 0) is 11.3 Å². The maximum absolute atomic E-state index is 10.9. The van der Waals surface area contributed by atoms with Crippen LogP contribution in [0.2, 0.25) is 0 Å². The van der Waals surface area contributed by atoms with Gasteiger partial charge in [-0.15, -0.1) is 0 Å². The lowest BCUT2D eigenvalue weighted by Gasteiger charge is -2.20. The highest BCUT2D eigenvalue weighted by atomic mass is 16.5. The zero-order valence-electron chi connectivity index (χ0n) is 12.7. The second-order valence-electron chi connectivity index (χ2n) is 4.69. The molecule has 1 rings (SSSR count). The quantitative estimate of drug-likeness (QED) is 0.672. The van der Waals surface area contributed by atoms with Gasteiger partial charge in [-0.1, -0.05) is 25.6 Å². The fraction of sp³-hybridized carbons (Fsp3) is 0.438. The van der Waals surface area contributed by atoms with Crippen molar-refractivity contribution in [3.63, 3.8) is 0 Å². The summed E-state index contributed by atoms with van der Waals surface area (Å²) in [4.78, 5) is 12.8. The van der Waals surface area contributed by atoms with Gasteiger partial charge < -0.3 is 14.6 Å². The molecule has 0 aliphatic carbocycles. The summed E-state index contributed by atoms with van der Waals surface area (Å²) in [7, 11) is 1.58. The van der Waals surface area contributed by atoms with E-state index in [0.717, 1.165) is 18.5 Å². The van der Waals surface area contributed by atoms with Crippen molar-refractivity contribution < 1.29 is 19.4 Å². The van der Waals surface area contributed by atoms with Crippen molar-refractivity contribution in [2.24, 2.45) is 0 Å². The van der Waals surface area contributed by atoms with Crippen LogP contribution >= 0.6 is 0 Å². The molecule has 1 aromatic rings. The fourth-order valence-corrected chi connectivity index (χ4v) is 2.06. The van der Waals surface area contributed by atoms with E-state index < -0.39 is 5.97 Å². The predicted octanol–water partition coefficient (Wildman–Crippen LogP) is 2.56. The van der Waals surface area contributed by atoms with Crippen molar-refractivity contribution in [2.45, 2.75) is 19.9 Å². The number of carboxylic acids is 1. The number of methoxy groups -OCH3 is 1. The Balaban J connectivity index is 2.81. The van der Waals surface area contributed by atoms with Gasteiger partial charge >= 0.3 is 5.97 Å². The van der Waals surface area contributed by atoms with E-state index in [1.807, 2.05) is 30.0 Å². The maximum atomic E-state index is 10.9. The number of hydrogen-bond donors (Lipinski definition) is 1. The Labute approximate surface area is 125 Å². The Morgan fingerprint density at radius 3 is 2.76 bits per heavy atom. The molecule has 0 aliphatic rings. The highest BCUT2D eigenvalue weighted by Crippen LogP contribution is 2.28. The molecule has 0 spiro atoms. The van der Waals surface area contributed by atoms with Gasteiger partial charge in [-0.05, 0) is 30.7 Å². The van der Waals surface area contributed by atoms with Crippen molar-refractivity contribution >= 4 is 5.97 Å². The minimum Gasteiger partial charge on any atom is -0.493 e. The van der Waals surface area contributed by atoms with Crippen LogP contribution in [0.1, 0.15) is 18.9 Å². The molecule has 0 fully saturated rings. The minimum absolute atomic E-state index is 0.0326. The SMILES string of the molecule is C=CCOc1ccc(CN(CCC)CC(=O)O)cc1OC. The Morgan fingerprint density at radius 2 is 2.19 bits per heavy atom. The Hall–Kier alpha value is -2.01. The van der Waals surface area contributed by atoms with E-state index in [1.165, 1.54) is 0 Å². The molecule has 0 atom stereocenters. The number of nitrogens with zero attached hydrogens (tertiary/aromatic N) is 1. The standard InChI is InChI=1S/C16H23NO4/c1-4-8-17(12-16(18)19)11-13-6-7-14(21-9-5-2)15(10-13)20-3/h5-7,10H,2,4,8-9,11-12H2,1,3H3,(H,18,19). The molecular formula is C16H23NO4. The average Bonchev–Trinajstić information content (AvgIpc) is 2.45. The van der Waals surface area contributed by atoms with Crippen molar-refractivity contribution in [3.05, 3.63) is 36.4 Å². The first kappa shape index (κ1) is 17.0. The average molecular weight is 293 g/mol. The number of carboxylic acid groups (broad SMARTS) is 1. The molecule has 1 N–H and O–H groups in total. The second kappa shape index (κ2) is 9.02. The molecule has 0 aromatic heterocycles. The summed E-state index contributed by atoms with van der Waals surface area (Å²) < 4.78 is 10.8. The molecule has 0 aliphatic heterocycles. The summed E-state index contributed by atoms with van der Waals surface area (Å²) >= 11 is 0. The maximum Gasteiger partial charge on any atom is 0.317 e. The van der Waals surface area contributed by atoms with E-state index in [4.69, 9.17) is 14.6 Å². The van der Waals surface area contributed by atoms with Gasteiger partial charge in [0.1, 0.15) is 6.61 Å². The molecule has 1 aromatic carbocycles. The van der Waals surface area contributed by atoms with Crippen molar-refractivity contribution in [3.8, 4) is 11.5 Å². The highest BCUT2D eigenvalue weighted by molar-refractivity contribution is 5.69. The molecule has 5 nitrogen and oxygen atoms in total. The van der Waals surface area contributed by atoms with E-state index >= 15 is 0 Å². The van der Waals surface area contributed by atoms with Gasteiger partial charge in [0.25, 0.3) is 0 Å². The lowest BCUT2D eigenvalue weighted by atomic mass is 10.2. The number of benzene rings is 1. The lowest BCUT2D eigenvalue weighted by molar-refractivity contribution is -0.138. The molecule has 0 radical (unpaired) electrons. The summed E-state index contributed by atoms with van der Waals surface area (Å²) in [5.41, 5.74) is 0.993. The smallest absolute Gasteiger partial charge is 0.317 e. The molecule has 0 saturated carbocycles. The highest BCUT2D eigenvalue weighted by Gasteiger charge is 2.11. The van der Waals surface area contributed by atoms with E-state index in [1.54, 1.807) is 13.2 Å². The van der Waals surface area contributed by atoms with Crippen molar-refractivity contribution in [2.75, 3.05) is 26.8 Å². The van der Waals surface area contributed by atoms with Gasteiger partial charge in [0, 0.05) is 6.54 Å². The van der Waals surface area contributed by atoms with E-state index in [-0.39, 0.29) is 6.54 Å². The predicted molar refractivity (Wildman–Crippen MR) is 81.9 cm³/mol. The van der Waals surface area contributed by atoms with Crippen LogP contribution in [0.4, 0.5) is 0 Å². The second-order valence-corrected chi connectivity index (χ2v) is 4.69. The summed E-state index contributed by atoms with van der Waals surface area (Å²) in [5, 5.41) is 8.93. The van der Waals surface area contributed by atoms with Crippen LogP contribution in [0.3, 0.4) is 0 Å². The van der Waals surface area contributed by atoms with Crippen LogP contribution in [-0.4, -0.2) is 42.8 Å². The number of carbonyl (C=O) groups is 1. The third-order valence-corrected chi connectivity index (χ3v) is 2.89. The third-order valence-electron chi connectivity index (χ3n) is 2.89. The largest absolute Gasteiger partial charge is 0.493 e. The lowest BCUT2D eigenvalue weighted by Crippen LogP contribution is -2.30. The normalized spacial score (nSPS) is 10.4. The van der Waals surface area contributed by atoms with Crippen molar-refractivity contribution in [1.82, 2.24) is 4.90 Å². The van der Waals surface area contributed by atoms with Gasteiger partial charge in [0.2, 0.25) is 0 Å². The molecule has 0 unspecified atom stereocenters. The van der Waals surface area contributed by atoms with Gasteiger partial charge in [0.15, 0.2) is 11.5 Å². The number of rotatable bonds is 10. The first-order chi connectivity index (χ1) is 10.1. The zero-order valence-corrected chi connectivity index (χ0v) is 12.7. The molecule has 116 valence electrons. The molecule has 0 heterocycles. The number of aliphatic carboxylic acids is 1. The van der Waals surface area contributed by atoms with Crippen molar-refractivity contribution in [1.29, 1.82) is 0 Å². The number of ether oxygens (including phenoxy) is 2. The summed E-state index contributed by atoms with van der Waals surface area (Å²) in [6.07, 6.45) is 2.58. The van der Waals surface area contributed by atoms with Crippen LogP contribution in [0.5, 0.6) is 11.5 Å². The minimum atomic E-state index is -0.818. The van der Waals surface area contributed by atoms with Gasteiger partial charge in [0.05, 0.1) is 13.7 Å². The van der Waals surface area contributed by atoms with Crippen LogP contribution in [0, 0.1) is 0 Å². The molecule has 0 bridgehead atoms. The Bertz CT molecular complexity index is 473. The first-order valence-electron chi connectivity index (χ1n) is 6.95. The Morgan fingerprint density at radius 1 is 1.43 bits per heavy atom. The first-order valence-corrected chi connectivity index (χ1v) is 6.95. The molecule has 0 saturated heterocycles. The van der Waals surface area contributed by atoms with Crippen LogP contribution in [0.15, 0.2) is 30.9 Å². The zero-order chi connectivity index (χ0) is 15.7. The summed E-state index contributed by atoms with van der Waals surface area (Å²) in [6, 6.07) is 5.64. The van der Waals surface area contributed by atoms with E-state index in [0.29, 0.717) is 24.7 Å². The van der Waals surface area contributed by atoms with E-state index in [2.05, 4.69) is 6.58 Å². The third kappa shape index (κ3) is 5.87. The number of hydrogen-bond acceptors (Lipinski definition) is 4. The van der Waals surface area contributed by atoms with Gasteiger partial charge in [-0.3, -0.25) is 9.69 Å². The van der Waals surface area contributed by atoms with Crippen LogP contribution < -0.4 is 9.47 Å². The molecular weight excluding hydrogens is 270 g/mol. The summed E-state index contributed by atoms with van der Waals surface area (Å²) in [6.45, 7) is 7.39.